The van der Waals surface area contributed by atoms with E-state index in [0.29, 0.717) is 34.6 Å². The lowest BCUT2D eigenvalue weighted by Crippen LogP contribution is -2.40. The number of carbonyl (C=O) groups excluding carboxylic acids is 1. The number of likely N-dealkylation sites (tertiary alicyclic amines) is 1. The van der Waals surface area contributed by atoms with Gasteiger partial charge in [0.1, 0.15) is 11.6 Å². The largest absolute Gasteiger partial charge is 0.338 e. The summed E-state index contributed by atoms with van der Waals surface area (Å²) in [7, 11) is 0. The summed E-state index contributed by atoms with van der Waals surface area (Å²) >= 11 is 0. The number of aryl methyl sites for hydroxylation is 3. The molecule has 0 saturated carbocycles. The average Bonchev–Trinajstić information content (AvgIpc) is 3.38. The van der Waals surface area contributed by atoms with Crippen molar-refractivity contribution in [1.82, 2.24) is 29.8 Å². The monoisotopic (exact) mass is 470 g/mol. The highest BCUT2D eigenvalue weighted by Crippen LogP contribution is 2.32. The molecule has 0 aliphatic carbocycles. The number of nitrogens with zero attached hydrogens (tertiary/aromatic N) is 6. The molecule has 3 aromatic heterocycles. The third-order valence-corrected chi connectivity index (χ3v) is 7.41. The van der Waals surface area contributed by atoms with Crippen LogP contribution in [-0.4, -0.2) is 48.8 Å². The van der Waals surface area contributed by atoms with E-state index in [9.17, 15) is 4.79 Å². The van der Waals surface area contributed by atoms with E-state index in [1.807, 2.05) is 42.2 Å². The van der Waals surface area contributed by atoms with Crippen molar-refractivity contribution >= 4 is 17.0 Å². The minimum atomic E-state index is -0.00244. The SMILES string of the molecule is Cc1ccc(-c2cc(C(=O)N3CCCC(c4nnc5n4CCCCC5)C3)c3c(C)noc3n2)cc1. The van der Waals surface area contributed by atoms with E-state index in [4.69, 9.17) is 4.52 Å². The van der Waals surface area contributed by atoms with Gasteiger partial charge < -0.3 is 14.0 Å². The Balaban J connectivity index is 1.34. The van der Waals surface area contributed by atoms with Gasteiger partial charge in [-0.2, -0.15) is 0 Å². The van der Waals surface area contributed by atoms with E-state index in [1.54, 1.807) is 0 Å². The predicted octanol–water partition coefficient (Wildman–Crippen LogP) is 4.84. The second-order valence-electron chi connectivity index (χ2n) is 9.90. The fourth-order valence-corrected chi connectivity index (χ4v) is 5.49. The lowest BCUT2D eigenvalue weighted by molar-refractivity contribution is 0.0705. The van der Waals surface area contributed by atoms with Gasteiger partial charge in [-0.1, -0.05) is 41.4 Å². The number of benzene rings is 1. The fourth-order valence-electron chi connectivity index (χ4n) is 5.49. The average molecular weight is 471 g/mol. The highest BCUT2D eigenvalue weighted by Gasteiger charge is 2.31. The molecule has 1 amide bonds. The van der Waals surface area contributed by atoms with E-state index in [0.717, 1.165) is 56.0 Å². The molecule has 1 aromatic carbocycles. The highest BCUT2D eigenvalue weighted by molar-refractivity contribution is 6.07. The highest BCUT2D eigenvalue weighted by atomic mass is 16.5. The van der Waals surface area contributed by atoms with Crippen LogP contribution in [0.4, 0.5) is 0 Å². The lowest BCUT2D eigenvalue weighted by Gasteiger charge is -2.32. The molecular weight excluding hydrogens is 440 g/mol. The second-order valence-corrected chi connectivity index (χ2v) is 9.90. The van der Waals surface area contributed by atoms with Crippen LogP contribution in [0.3, 0.4) is 0 Å². The molecule has 0 N–H and O–H groups in total. The summed E-state index contributed by atoms with van der Waals surface area (Å²) in [4.78, 5) is 20.6. The lowest BCUT2D eigenvalue weighted by atomic mass is 9.95. The molecule has 1 unspecified atom stereocenters. The van der Waals surface area contributed by atoms with Gasteiger partial charge in [0.15, 0.2) is 0 Å². The van der Waals surface area contributed by atoms with Gasteiger partial charge in [-0.15, -0.1) is 10.2 Å². The number of amides is 1. The van der Waals surface area contributed by atoms with Crippen molar-refractivity contribution in [1.29, 1.82) is 0 Å². The van der Waals surface area contributed by atoms with E-state index >= 15 is 0 Å². The summed E-state index contributed by atoms with van der Waals surface area (Å²) in [5.74, 6) is 2.34. The molecule has 1 atom stereocenters. The smallest absolute Gasteiger partial charge is 0.259 e. The summed E-state index contributed by atoms with van der Waals surface area (Å²) in [6.45, 7) is 6.26. The van der Waals surface area contributed by atoms with Crippen LogP contribution in [0.25, 0.3) is 22.4 Å². The third-order valence-electron chi connectivity index (χ3n) is 7.41. The first kappa shape index (κ1) is 21.9. The maximum absolute atomic E-state index is 13.9. The number of carbonyl (C=O) groups is 1. The van der Waals surface area contributed by atoms with Crippen LogP contribution in [0, 0.1) is 13.8 Å². The Morgan fingerprint density at radius 2 is 1.89 bits per heavy atom. The molecule has 2 aliphatic rings. The maximum atomic E-state index is 13.9. The summed E-state index contributed by atoms with van der Waals surface area (Å²) in [5.41, 5.74) is 4.52. The van der Waals surface area contributed by atoms with Crippen LogP contribution in [0.1, 0.15) is 71.3 Å². The Morgan fingerprint density at radius 3 is 2.74 bits per heavy atom. The van der Waals surface area contributed by atoms with Crippen molar-refractivity contribution in [3.63, 3.8) is 0 Å². The summed E-state index contributed by atoms with van der Waals surface area (Å²) < 4.78 is 7.83. The Morgan fingerprint density at radius 1 is 1.03 bits per heavy atom. The van der Waals surface area contributed by atoms with Crippen LogP contribution in [0.5, 0.6) is 0 Å². The Hall–Kier alpha value is -3.55. The first-order valence-corrected chi connectivity index (χ1v) is 12.6. The number of fused-ring (bicyclic) bond motifs is 2. The van der Waals surface area contributed by atoms with Crippen LogP contribution in [-0.2, 0) is 13.0 Å². The molecule has 180 valence electrons. The van der Waals surface area contributed by atoms with Gasteiger partial charge in [0.25, 0.3) is 11.6 Å². The molecule has 4 aromatic rings. The van der Waals surface area contributed by atoms with E-state index < -0.39 is 0 Å². The summed E-state index contributed by atoms with van der Waals surface area (Å²) in [6, 6.07) is 10.0. The van der Waals surface area contributed by atoms with E-state index in [-0.39, 0.29) is 11.8 Å². The van der Waals surface area contributed by atoms with Crippen LogP contribution < -0.4 is 0 Å². The summed E-state index contributed by atoms with van der Waals surface area (Å²) in [5, 5.41) is 13.9. The van der Waals surface area contributed by atoms with Crippen molar-refractivity contribution in [2.75, 3.05) is 13.1 Å². The Bertz CT molecular complexity index is 1390. The molecular formula is C27H30N6O2. The number of hydrogen-bond donors (Lipinski definition) is 0. The second kappa shape index (κ2) is 8.91. The zero-order valence-electron chi connectivity index (χ0n) is 20.3. The standard InChI is InChI=1S/C27H30N6O2/c1-17-9-11-19(12-10-17)22-15-21(24-18(2)31-35-26(24)28-22)27(34)32-13-6-7-20(16-32)25-30-29-23-8-4-3-5-14-33(23)25/h9-12,15,20H,3-8,13-14,16H2,1-2H3. The molecule has 0 spiro atoms. The van der Waals surface area contributed by atoms with Crippen molar-refractivity contribution < 1.29 is 9.32 Å². The van der Waals surface area contributed by atoms with Gasteiger partial charge in [-0.25, -0.2) is 4.98 Å². The van der Waals surface area contributed by atoms with Crippen molar-refractivity contribution in [3.05, 3.63) is 58.8 Å². The normalized spacial score (nSPS) is 18.5. The van der Waals surface area contributed by atoms with E-state index in [2.05, 4.69) is 31.8 Å². The number of piperidine rings is 1. The summed E-state index contributed by atoms with van der Waals surface area (Å²) in [6.07, 6.45) is 6.53. The molecule has 6 rings (SSSR count). The number of hydrogen-bond acceptors (Lipinski definition) is 6. The number of rotatable bonds is 3. The minimum Gasteiger partial charge on any atom is -0.338 e. The fraction of sp³-hybridized carbons (Fsp3) is 0.444. The molecule has 0 bridgehead atoms. The first-order valence-electron chi connectivity index (χ1n) is 12.6. The molecule has 1 saturated heterocycles. The van der Waals surface area contributed by atoms with Gasteiger partial charge >= 0.3 is 0 Å². The predicted molar refractivity (Wildman–Crippen MR) is 132 cm³/mol. The molecule has 8 heteroatoms. The van der Waals surface area contributed by atoms with Gasteiger partial charge in [0, 0.05) is 37.5 Å². The van der Waals surface area contributed by atoms with Gasteiger partial charge in [0.2, 0.25) is 0 Å². The Labute approximate surface area is 204 Å². The van der Waals surface area contributed by atoms with Crippen LogP contribution in [0.2, 0.25) is 0 Å². The van der Waals surface area contributed by atoms with Crippen molar-refractivity contribution in [2.24, 2.45) is 0 Å². The maximum Gasteiger partial charge on any atom is 0.259 e. The number of pyridine rings is 1. The number of aromatic nitrogens is 5. The van der Waals surface area contributed by atoms with Gasteiger partial charge in [-0.05, 0) is 45.6 Å². The molecule has 1 fully saturated rings. The quantitative estimate of drug-likeness (QED) is 0.425. The van der Waals surface area contributed by atoms with Crippen molar-refractivity contribution in [3.8, 4) is 11.3 Å². The Kier molecular flexibility index (Phi) is 5.59. The molecule has 2 aliphatic heterocycles. The van der Waals surface area contributed by atoms with Crippen molar-refractivity contribution in [2.45, 2.75) is 64.8 Å². The van der Waals surface area contributed by atoms with Crippen LogP contribution >= 0.6 is 0 Å². The molecule has 5 heterocycles. The zero-order valence-corrected chi connectivity index (χ0v) is 20.3. The molecule has 35 heavy (non-hydrogen) atoms. The topological polar surface area (TPSA) is 89.9 Å². The third kappa shape index (κ3) is 4.00. The zero-order chi connectivity index (χ0) is 23.9. The minimum absolute atomic E-state index is 0.00244. The van der Waals surface area contributed by atoms with Gasteiger partial charge in [-0.3, -0.25) is 4.79 Å². The molecule has 8 nitrogen and oxygen atoms in total. The van der Waals surface area contributed by atoms with E-state index in [1.165, 1.54) is 18.4 Å². The first-order chi connectivity index (χ1) is 17.1. The van der Waals surface area contributed by atoms with Gasteiger partial charge in [0.05, 0.1) is 22.3 Å². The molecule has 0 radical (unpaired) electrons. The van der Waals surface area contributed by atoms with Crippen LogP contribution in [0.15, 0.2) is 34.9 Å².